The van der Waals surface area contributed by atoms with Gasteiger partial charge >= 0.3 is 0 Å². The summed E-state index contributed by atoms with van der Waals surface area (Å²) in [5, 5.41) is 6.82. The number of aromatic nitrogens is 3. The molecule has 72 heavy (non-hydrogen) atoms. The molecule has 13 aromatic rings. The Kier molecular flexibility index (Phi) is 10.9. The fourth-order valence-electron chi connectivity index (χ4n) is 10.7. The molecule has 3 heteroatoms. The molecule has 3 heterocycles. The SMILES string of the molecule is c1ccc(-c2ncc(-c3ccccc3-c3cc(-c4ccccc4-c4cnc(-c5ccccc5)c5ccccc45)cc(-c4ccccc4-c4cnc(-c5ccccc5)c5ccccc45)c3)c3ccccc23)cc1. The van der Waals surface area contributed by atoms with Gasteiger partial charge in [0.2, 0.25) is 0 Å². The van der Waals surface area contributed by atoms with E-state index in [1.54, 1.807) is 0 Å². The van der Waals surface area contributed by atoms with Gasteiger partial charge in [0, 0.05) is 68.1 Å². The van der Waals surface area contributed by atoms with Gasteiger partial charge in [0.1, 0.15) is 0 Å². The molecule has 3 aromatic heterocycles. The molecule has 3 nitrogen and oxygen atoms in total. The van der Waals surface area contributed by atoms with E-state index in [1.807, 2.05) is 0 Å². The second-order valence-electron chi connectivity index (χ2n) is 18.2. The lowest BCUT2D eigenvalue weighted by molar-refractivity contribution is 1.35. The fourth-order valence-corrected chi connectivity index (χ4v) is 10.7. The Morgan fingerprint density at radius 1 is 0.167 bits per heavy atom. The van der Waals surface area contributed by atoms with Crippen LogP contribution in [0.15, 0.2) is 273 Å². The molecule has 0 N–H and O–H groups in total. The number of rotatable bonds is 9. The van der Waals surface area contributed by atoms with Crippen molar-refractivity contribution in [1.29, 1.82) is 0 Å². The number of benzene rings is 10. The first-order valence-corrected chi connectivity index (χ1v) is 24.5. The lowest BCUT2D eigenvalue weighted by Crippen LogP contribution is -1.95. The van der Waals surface area contributed by atoms with E-state index in [4.69, 9.17) is 15.0 Å². The van der Waals surface area contributed by atoms with Gasteiger partial charge in [-0.1, -0.05) is 237 Å². The Labute approximate surface area is 419 Å². The minimum Gasteiger partial charge on any atom is -0.255 e. The molecule has 0 aliphatic heterocycles. The fraction of sp³-hybridized carbons (Fsp3) is 0. The Morgan fingerprint density at radius 3 is 0.667 bits per heavy atom. The summed E-state index contributed by atoms with van der Waals surface area (Å²) in [7, 11) is 0. The maximum atomic E-state index is 5.20. The van der Waals surface area contributed by atoms with E-state index in [-0.39, 0.29) is 0 Å². The van der Waals surface area contributed by atoms with Gasteiger partial charge < -0.3 is 0 Å². The minimum atomic E-state index is 0.975. The highest BCUT2D eigenvalue weighted by Crippen LogP contribution is 2.46. The Morgan fingerprint density at radius 2 is 0.389 bits per heavy atom. The van der Waals surface area contributed by atoms with Crippen molar-refractivity contribution in [3.05, 3.63) is 273 Å². The number of nitrogens with zero attached hydrogens (tertiary/aromatic N) is 3. The lowest BCUT2D eigenvalue weighted by Gasteiger charge is -2.19. The van der Waals surface area contributed by atoms with Crippen LogP contribution in [0.25, 0.3) is 133 Å². The molecule has 0 amide bonds. The van der Waals surface area contributed by atoms with Gasteiger partial charge in [-0.25, -0.2) is 0 Å². The van der Waals surface area contributed by atoms with Crippen LogP contribution in [0.5, 0.6) is 0 Å². The van der Waals surface area contributed by atoms with Crippen LogP contribution in [-0.4, -0.2) is 15.0 Å². The van der Waals surface area contributed by atoms with E-state index in [2.05, 4.69) is 273 Å². The smallest absolute Gasteiger partial charge is 0.0780 e. The third kappa shape index (κ3) is 7.61. The molecule has 336 valence electrons. The topological polar surface area (TPSA) is 38.7 Å². The summed E-state index contributed by atoms with van der Waals surface area (Å²) in [6.07, 6.45) is 6.19. The second-order valence-corrected chi connectivity index (χ2v) is 18.2. The van der Waals surface area contributed by atoms with Gasteiger partial charge in [-0.3, -0.25) is 15.0 Å². The number of fused-ring (bicyclic) bond motifs is 3. The highest BCUT2D eigenvalue weighted by molar-refractivity contribution is 6.09. The molecule has 0 spiro atoms. The first-order valence-electron chi connectivity index (χ1n) is 24.5. The molecule has 0 bridgehead atoms. The molecular formula is C69H45N3. The van der Waals surface area contributed by atoms with Crippen molar-refractivity contribution in [3.63, 3.8) is 0 Å². The van der Waals surface area contributed by atoms with E-state index in [9.17, 15) is 0 Å². The summed E-state index contributed by atoms with van der Waals surface area (Å²) in [6.45, 7) is 0. The average Bonchev–Trinajstić information content (AvgIpc) is 3.47. The van der Waals surface area contributed by atoms with E-state index < -0.39 is 0 Å². The third-order valence-electron chi connectivity index (χ3n) is 14.0. The number of pyridine rings is 3. The number of hydrogen-bond acceptors (Lipinski definition) is 3. The van der Waals surface area contributed by atoms with Gasteiger partial charge in [-0.05, 0) is 84.4 Å². The molecule has 0 fully saturated rings. The second kappa shape index (κ2) is 18.4. The van der Waals surface area contributed by atoms with Crippen LogP contribution in [0, 0.1) is 0 Å². The molecule has 10 aromatic carbocycles. The molecule has 0 saturated heterocycles. The Bertz CT molecular complexity index is 3700. The van der Waals surface area contributed by atoms with Crippen molar-refractivity contribution in [3.8, 4) is 101 Å². The van der Waals surface area contributed by atoms with Crippen LogP contribution >= 0.6 is 0 Å². The summed E-state index contributed by atoms with van der Waals surface area (Å²) < 4.78 is 0. The molecule has 0 atom stereocenters. The highest BCUT2D eigenvalue weighted by Gasteiger charge is 2.21. The Hall–Kier alpha value is -9.57. The first kappa shape index (κ1) is 42.5. The summed E-state index contributed by atoms with van der Waals surface area (Å²) >= 11 is 0. The molecule has 0 unspecified atom stereocenters. The van der Waals surface area contributed by atoms with Crippen LogP contribution < -0.4 is 0 Å². The molecule has 0 aliphatic rings. The van der Waals surface area contributed by atoms with E-state index in [0.717, 1.165) is 133 Å². The summed E-state index contributed by atoms with van der Waals surface area (Å²) in [5.41, 5.74) is 19.5. The van der Waals surface area contributed by atoms with Crippen LogP contribution in [-0.2, 0) is 0 Å². The van der Waals surface area contributed by atoms with Crippen molar-refractivity contribution in [2.24, 2.45) is 0 Å². The van der Waals surface area contributed by atoms with Crippen LogP contribution in [0.2, 0.25) is 0 Å². The zero-order valence-electron chi connectivity index (χ0n) is 39.3. The maximum absolute atomic E-state index is 5.20. The largest absolute Gasteiger partial charge is 0.255 e. The normalized spacial score (nSPS) is 11.3. The van der Waals surface area contributed by atoms with Crippen molar-refractivity contribution in [2.75, 3.05) is 0 Å². The van der Waals surface area contributed by atoms with Crippen LogP contribution in [0.3, 0.4) is 0 Å². The zero-order chi connectivity index (χ0) is 47.8. The standard InChI is InChI=1S/C69H45N3/c1-4-22-46(23-5-1)67-61-37-19-16-34-58(61)64(43-70-67)55-31-13-10-28-52(55)49-40-50(53-29-11-14-32-56(53)65-44-71-68(47-24-6-2-7-25-47)62-38-20-17-35-59(62)65)42-51(41-49)54-30-12-15-33-57(54)66-45-72-69(48-26-8-3-9-27-48)63-39-21-18-36-60(63)66/h1-45H. The molecule has 0 radical (unpaired) electrons. The van der Waals surface area contributed by atoms with Gasteiger partial charge in [-0.2, -0.15) is 0 Å². The van der Waals surface area contributed by atoms with E-state index in [0.29, 0.717) is 0 Å². The maximum Gasteiger partial charge on any atom is 0.0780 e. The lowest BCUT2D eigenvalue weighted by atomic mass is 9.85. The predicted octanol–water partition coefficient (Wildman–Crippen LogP) is 18.3. The van der Waals surface area contributed by atoms with Gasteiger partial charge in [-0.15, -0.1) is 0 Å². The predicted molar refractivity (Wildman–Crippen MR) is 301 cm³/mol. The van der Waals surface area contributed by atoms with E-state index >= 15 is 0 Å². The quantitative estimate of drug-likeness (QED) is 0.145. The highest BCUT2D eigenvalue weighted by atomic mass is 14.7. The summed E-state index contributed by atoms with van der Waals surface area (Å²) in [5.74, 6) is 0. The van der Waals surface area contributed by atoms with Gasteiger partial charge in [0.25, 0.3) is 0 Å². The monoisotopic (exact) mass is 915 g/mol. The van der Waals surface area contributed by atoms with Crippen molar-refractivity contribution >= 4 is 32.3 Å². The van der Waals surface area contributed by atoms with E-state index in [1.165, 1.54) is 0 Å². The summed E-state index contributed by atoms with van der Waals surface area (Å²) in [6, 6.07) is 90.9. The molecule has 13 rings (SSSR count). The van der Waals surface area contributed by atoms with Crippen LogP contribution in [0.1, 0.15) is 0 Å². The molecule has 0 saturated carbocycles. The molecular weight excluding hydrogens is 871 g/mol. The van der Waals surface area contributed by atoms with Crippen LogP contribution in [0.4, 0.5) is 0 Å². The third-order valence-corrected chi connectivity index (χ3v) is 14.0. The minimum absolute atomic E-state index is 0.975. The summed E-state index contributed by atoms with van der Waals surface area (Å²) in [4.78, 5) is 15.6. The van der Waals surface area contributed by atoms with Gasteiger partial charge in [0.15, 0.2) is 0 Å². The van der Waals surface area contributed by atoms with Crippen molar-refractivity contribution in [1.82, 2.24) is 15.0 Å². The Balaban J connectivity index is 1.04. The van der Waals surface area contributed by atoms with Crippen molar-refractivity contribution in [2.45, 2.75) is 0 Å². The molecule has 0 aliphatic carbocycles. The van der Waals surface area contributed by atoms with Crippen molar-refractivity contribution < 1.29 is 0 Å². The first-order chi connectivity index (χ1) is 35.7. The average molecular weight is 916 g/mol. The van der Waals surface area contributed by atoms with Gasteiger partial charge in [0.05, 0.1) is 17.1 Å². The number of hydrogen-bond donors (Lipinski definition) is 0. The zero-order valence-corrected chi connectivity index (χ0v) is 39.3.